The Morgan fingerprint density at radius 1 is 1.00 bits per heavy atom. The molecule has 1 aromatic heterocycles. The van der Waals surface area contributed by atoms with Crippen LogP contribution in [0.5, 0.6) is 11.6 Å². The molecule has 0 aliphatic rings. The fraction of sp³-hybridized carbons (Fsp3) is 0.333. The maximum absolute atomic E-state index is 8.88. The van der Waals surface area contributed by atoms with Crippen LogP contribution in [0.15, 0.2) is 36.4 Å². The number of aromatic nitrogens is 2. The molecular formula is C15H18N2O2. The minimum Gasteiger partial charge on any atom is -0.438 e. The summed E-state index contributed by atoms with van der Waals surface area (Å²) in [6.07, 6.45) is 0. The number of nitrogens with zero attached hydrogens (tertiary/aromatic N) is 2. The topological polar surface area (TPSA) is 55.2 Å². The molecule has 0 saturated heterocycles. The summed E-state index contributed by atoms with van der Waals surface area (Å²) in [7, 11) is 0. The lowest BCUT2D eigenvalue weighted by Crippen LogP contribution is -2.10. The predicted octanol–water partition coefficient (Wildman–Crippen LogP) is 3.06. The molecule has 0 aliphatic carbocycles. The zero-order valence-corrected chi connectivity index (χ0v) is 11.4. The Kier molecular flexibility index (Phi) is 3.81. The minimum atomic E-state index is -0.118. The highest BCUT2D eigenvalue weighted by atomic mass is 16.5. The van der Waals surface area contributed by atoms with E-state index in [4.69, 9.17) is 9.84 Å². The van der Waals surface area contributed by atoms with Crippen LogP contribution in [0.3, 0.4) is 0 Å². The summed E-state index contributed by atoms with van der Waals surface area (Å²) in [4.78, 5) is 0. The second-order valence-electron chi connectivity index (χ2n) is 5.40. The molecule has 4 heteroatoms. The second-order valence-corrected chi connectivity index (χ2v) is 5.40. The number of aliphatic hydroxyl groups is 1. The third-order valence-corrected chi connectivity index (χ3v) is 2.80. The largest absolute Gasteiger partial charge is 0.438 e. The SMILES string of the molecule is CC(C)(C)c1ccc(Oc2ccc(CO)nn2)cc1. The van der Waals surface area contributed by atoms with Gasteiger partial charge in [-0.15, -0.1) is 10.2 Å². The van der Waals surface area contributed by atoms with Gasteiger partial charge in [0.15, 0.2) is 0 Å². The predicted molar refractivity (Wildman–Crippen MR) is 73.2 cm³/mol. The van der Waals surface area contributed by atoms with Crippen molar-refractivity contribution >= 4 is 0 Å². The van der Waals surface area contributed by atoms with E-state index in [2.05, 4.69) is 31.0 Å². The van der Waals surface area contributed by atoms with E-state index in [1.54, 1.807) is 12.1 Å². The van der Waals surface area contributed by atoms with Gasteiger partial charge in [-0.05, 0) is 29.2 Å². The molecule has 1 aromatic carbocycles. The molecule has 0 amide bonds. The van der Waals surface area contributed by atoms with Gasteiger partial charge in [0.25, 0.3) is 0 Å². The molecule has 100 valence electrons. The maximum atomic E-state index is 8.88. The van der Waals surface area contributed by atoms with E-state index in [-0.39, 0.29) is 12.0 Å². The summed E-state index contributed by atoms with van der Waals surface area (Å²) in [6, 6.07) is 11.3. The van der Waals surface area contributed by atoms with Gasteiger partial charge in [0, 0.05) is 6.07 Å². The molecule has 2 aromatic rings. The van der Waals surface area contributed by atoms with Crippen molar-refractivity contribution in [3.8, 4) is 11.6 Å². The molecule has 1 N–H and O–H groups in total. The standard InChI is InChI=1S/C15H18N2O2/c1-15(2,3)11-4-7-13(8-5-11)19-14-9-6-12(10-18)16-17-14/h4-9,18H,10H2,1-3H3. The number of benzene rings is 1. The summed E-state index contributed by atoms with van der Waals surface area (Å²) in [5, 5.41) is 16.6. The van der Waals surface area contributed by atoms with Crippen LogP contribution < -0.4 is 4.74 Å². The Hall–Kier alpha value is -1.94. The van der Waals surface area contributed by atoms with Crippen molar-refractivity contribution < 1.29 is 9.84 Å². The van der Waals surface area contributed by atoms with E-state index in [0.717, 1.165) is 5.75 Å². The van der Waals surface area contributed by atoms with E-state index in [1.807, 2.05) is 24.3 Å². The molecule has 0 radical (unpaired) electrons. The summed E-state index contributed by atoms with van der Waals surface area (Å²) in [5.41, 5.74) is 1.90. The van der Waals surface area contributed by atoms with Gasteiger partial charge >= 0.3 is 0 Å². The van der Waals surface area contributed by atoms with Crippen LogP contribution >= 0.6 is 0 Å². The normalized spacial score (nSPS) is 11.4. The average molecular weight is 258 g/mol. The van der Waals surface area contributed by atoms with Gasteiger partial charge in [0.1, 0.15) is 5.75 Å². The van der Waals surface area contributed by atoms with Crippen LogP contribution in [0.2, 0.25) is 0 Å². The van der Waals surface area contributed by atoms with Crippen molar-refractivity contribution in [3.05, 3.63) is 47.7 Å². The number of hydrogen-bond acceptors (Lipinski definition) is 4. The summed E-state index contributed by atoms with van der Waals surface area (Å²) in [6.45, 7) is 6.39. The van der Waals surface area contributed by atoms with Gasteiger partial charge in [-0.3, -0.25) is 0 Å². The van der Waals surface area contributed by atoms with Crippen LogP contribution in [0.25, 0.3) is 0 Å². The summed E-state index contributed by atoms with van der Waals surface area (Å²) in [5.74, 6) is 1.14. The van der Waals surface area contributed by atoms with Crippen molar-refractivity contribution in [2.45, 2.75) is 32.8 Å². The summed E-state index contributed by atoms with van der Waals surface area (Å²) < 4.78 is 5.59. The monoisotopic (exact) mass is 258 g/mol. The van der Waals surface area contributed by atoms with Crippen molar-refractivity contribution in [1.82, 2.24) is 10.2 Å². The first-order chi connectivity index (χ1) is 8.99. The van der Waals surface area contributed by atoms with Crippen LogP contribution in [0, 0.1) is 0 Å². The molecular weight excluding hydrogens is 240 g/mol. The van der Waals surface area contributed by atoms with Crippen molar-refractivity contribution in [2.75, 3.05) is 0 Å². The number of rotatable bonds is 3. The van der Waals surface area contributed by atoms with Crippen molar-refractivity contribution in [1.29, 1.82) is 0 Å². The average Bonchev–Trinajstić information content (AvgIpc) is 2.39. The smallest absolute Gasteiger partial charge is 0.238 e. The molecule has 0 atom stereocenters. The van der Waals surface area contributed by atoms with E-state index in [9.17, 15) is 0 Å². The fourth-order valence-electron chi connectivity index (χ4n) is 1.63. The number of aliphatic hydroxyl groups excluding tert-OH is 1. The molecule has 2 rings (SSSR count). The molecule has 0 aliphatic heterocycles. The molecule has 4 nitrogen and oxygen atoms in total. The number of ether oxygens (including phenoxy) is 1. The second kappa shape index (κ2) is 5.36. The number of hydrogen-bond donors (Lipinski definition) is 1. The lowest BCUT2D eigenvalue weighted by atomic mass is 9.87. The molecule has 0 bridgehead atoms. The van der Waals surface area contributed by atoms with Crippen LogP contribution in [0.4, 0.5) is 0 Å². The molecule has 0 fully saturated rings. The highest BCUT2D eigenvalue weighted by molar-refractivity contribution is 5.33. The van der Waals surface area contributed by atoms with Gasteiger partial charge in [-0.2, -0.15) is 0 Å². The van der Waals surface area contributed by atoms with Crippen LogP contribution in [-0.4, -0.2) is 15.3 Å². The Balaban J connectivity index is 2.10. The molecule has 0 spiro atoms. The van der Waals surface area contributed by atoms with E-state index < -0.39 is 0 Å². The first-order valence-electron chi connectivity index (χ1n) is 6.21. The third kappa shape index (κ3) is 3.51. The lowest BCUT2D eigenvalue weighted by Gasteiger charge is -2.19. The molecule has 0 unspecified atom stereocenters. The van der Waals surface area contributed by atoms with Gasteiger partial charge < -0.3 is 9.84 Å². The van der Waals surface area contributed by atoms with Gasteiger partial charge in [0.2, 0.25) is 5.88 Å². The molecule has 1 heterocycles. The maximum Gasteiger partial charge on any atom is 0.238 e. The first kappa shape index (κ1) is 13.5. The zero-order valence-electron chi connectivity index (χ0n) is 11.4. The van der Waals surface area contributed by atoms with Crippen LogP contribution in [-0.2, 0) is 12.0 Å². The third-order valence-electron chi connectivity index (χ3n) is 2.80. The van der Waals surface area contributed by atoms with Crippen molar-refractivity contribution in [2.24, 2.45) is 0 Å². The van der Waals surface area contributed by atoms with Crippen LogP contribution in [0.1, 0.15) is 32.0 Å². The first-order valence-corrected chi connectivity index (χ1v) is 6.21. The molecule has 19 heavy (non-hydrogen) atoms. The van der Waals surface area contributed by atoms with Crippen molar-refractivity contribution in [3.63, 3.8) is 0 Å². The fourth-order valence-corrected chi connectivity index (χ4v) is 1.63. The van der Waals surface area contributed by atoms with Gasteiger partial charge in [-0.1, -0.05) is 32.9 Å². The minimum absolute atomic E-state index is 0.118. The summed E-state index contributed by atoms with van der Waals surface area (Å²) >= 11 is 0. The van der Waals surface area contributed by atoms with E-state index >= 15 is 0 Å². The Labute approximate surface area is 113 Å². The lowest BCUT2D eigenvalue weighted by molar-refractivity contribution is 0.274. The Morgan fingerprint density at radius 3 is 2.16 bits per heavy atom. The van der Waals surface area contributed by atoms with Gasteiger partial charge in [-0.25, -0.2) is 0 Å². The van der Waals surface area contributed by atoms with E-state index in [0.29, 0.717) is 11.6 Å². The van der Waals surface area contributed by atoms with E-state index in [1.165, 1.54) is 5.56 Å². The zero-order chi connectivity index (χ0) is 13.9. The highest BCUT2D eigenvalue weighted by Crippen LogP contribution is 2.26. The quantitative estimate of drug-likeness (QED) is 0.919. The highest BCUT2D eigenvalue weighted by Gasteiger charge is 2.13. The Morgan fingerprint density at radius 2 is 1.68 bits per heavy atom. The Bertz CT molecular complexity index is 528. The molecule has 0 saturated carbocycles. The van der Waals surface area contributed by atoms with Gasteiger partial charge in [0.05, 0.1) is 12.3 Å².